The molecule has 0 N–H and O–H groups in total. The minimum atomic E-state index is 0.270. The maximum Gasteiger partial charge on any atom is 0.292 e. The molecule has 3 nitrogen and oxygen atoms in total. The molecule has 0 saturated carbocycles. The van der Waals surface area contributed by atoms with Gasteiger partial charge in [0.2, 0.25) is 0 Å². The molecule has 3 heteroatoms. The second-order valence-corrected chi connectivity index (χ2v) is 4.88. The van der Waals surface area contributed by atoms with E-state index in [0.717, 1.165) is 6.42 Å². The van der Waals surface area contributed by atoms with Gasteiger partial charge in [0.05, 0.1) is 6.07 Å². The van der Waals surface area contributed by atoms with Crippen LogP contribution in [0.4, 0.5) is 0 Å². The molecule has 0 heterocycles. The van der Waals surface area contributed by atoms with Crippen LogP contribution >= 0.6 is 0 Å². The molecule has 1 atom stereocenters. The number of aryl methyl sites for hydroxylation is 1. The van der Waals surface area contributed by atoms with E-state index in [1.165, 1.54) is 16.7 Å². The molecule has 0 radical (unpaired) electrons. The third kappa shape index (κ3) is 3.84. The molecule has 0 aliphatic rings. The van der Waals surface area contributed by atoms with Crippen molar-refractivity contribution >= 4 is 0 Å². The Morgan fingerprint density at radius 2 is 1.52 bits per heavy atom. The Morgan fingerprint density at radius 1 is 0.952 bits per heavy atom. The average Bonchev–Trinajstić information content (AvgIpc) is 2.54. The lowest BCUT2D eigenvalue weighted by Gasteiger charge is -2.13. The summed E-state index contributed by atoms with van der Waals surface area (Å²) in [5.41, 5.74) is 3.58. The van der Waals surface area contributed by atoms with E-state index in [1.807, 2.05) is 12.1 Å². The van der Waals surface area contributed by atoms with E-state index >= 15 is 0 Å². The van der Waals surface area contributed by atoms with Crippen molar-refractivity contribution in [2.75, 3.05) is 0 Å². The Balaban J connectivity index is 2.10. The van der Waals surface area contributed by atoms with Gasteiger partial charge in [-0.3, -0.25) is 0 Å². The summed E-state index contributed by atoms with van der Waals surface area (Å²) in [6.07, 6.45) is 3.01. The number of rotatable bonds is 5. The largest absolute Gasteiger partial charge is 0.388 e. The first-order valence-corrected chi connectivity index (χ1v) is 6.86. The lowest BCUT2D eigenvalue weighted by molar-refractivity contribution is 0.507. The fourth-order valence-electron chi connectivity index (χ4n) is 2.24. The first-order chi connectivity index (χ1) is 10.2. The van der Waals surface area contributed by atoms with Crippen LogP contribution in [0, 0.1) is 22.8 Å². The van der Waals surface area contributed by atoms with E-state index in [9.17, 15) is 0 Å². The number of hydrogen-bond acceptors (Lipinski definition) is 3. The normalized spacial score (nSPS) is 11.2. The van der Waals surface area contributed by atoms with Crippen LogP contribution in [0.3, 0.4) is 0 Å². The van der Waals surface area contributed by atoms with Crippen LogP contribution in [0.25, 0.3) is 0 Å². The average molecular weight is 276 g/mol. The van der Waals surface area contributed by atoms with Crippen molar-refractivity contribution in [2.45, 2.75) is 25.7 Å². The molecule has 0 fully saturated rings. The van der Waals surface area contributed by atoms with E-state index < -0.39 is 0 Å². The molecule has 0 amide bonds. The second-order valence-electron chi connectivity index (χ2n) is 4.88. The van der Waals surface area contributed by atoms with E-state index in [4.69, 9.17) is 15.3 Å². The minimum Gasteiger partial charge on any atom is -0.388 e. The van der Waals surface area contributed by atoms with Crippen LogP contribution in [-0.2, 0) is 6.42 Å². The number of nitrogens with zero attached hydrogens (tertiary/aromatic N) is 2. The van der Waals surface area contributed by atoms with Crippen LogP contribution in [0.2, 0.25) is 0 Å². The molecule has 104 valence electrons. The molecular formula is C18H16N2O. The zero-order valence-corrected chi connectivity index (χ0v) is 11.9. The van der Waals surface area contributed by atoms with E-state index in [0.29, 0.717) is 12.2 Å². The molecule has 0 saturated heterocycles. The van der Waals surface area contributed by atoms with Gasteiger partial charge >= 0.3 is 0 Å². The highest BCUT2D eigenvalue weighted by Crippen LogP contribution is 2.26. The predicted molar refractivity (Wildman–Crippen MR) is 80.6 cm³/mol. The second kappa shape index (κ2) is 7.12. The Bertz CT molecular complexity index is 660. The van der Waals surface area contributed by atoms with Crippen LogP contribution in [0.15, 0.2) is 48.5 Å². The molecule has 0 aliphatic heterocycles. The molecule has 1 unspecified atom stereocenters. The molecule has 0 bridgehead atoms. The molecule has 0 spiro atoms. The summed E-state index contributed by atoms with van der Waals surface area (Å²) in [5.74, 6) is 0.825. The Labute approximate surface area is 125 Å². The van der Waals surface area contributed by atoms with E-state index in [-0.39, 0.29) is 5.92 Å². The summed E-state index contributed by atoms with van der Waals surface area (Å²) in [7, 11) is 0. The van der Waals surface area contributed by atoms with E-state index in [1.54, 1.807) is 18.4 Å². The maximum absolute atomic E-state index is 8.60. The maximum atomic E-state index is 8.60. The topological polar surface area (TPSA) is 56.8 Å². The molecule has 0 aliphatic carbocycles. The van der Waals surface area contributed by atoms with Gasteiger partial charge in [-0.2, -0.15) is 5.26 Å². The van der Waals surface area contributed by atoms with Crippen molar-refractivity contribution in [3.63, 3.8) is 0 Å². The number of ether oxygens (including phenoxy) is 1. The Morgan fingerprint density at radius 3 is 2.05 bits per heavy atom. The predicted octanol–water partition coefficient (Wildman–Crippen LogP) is 4.15. The van der Waals surface area contributed by atoms with Gasteiger partial charge in [-0.1, -0.05) is 43.3 Å². The summed E-state index contributed by atoms with van der Waals surface area (Å²) in [4.78, 5) is 0. The minimum absolute atomic E-state index is 0.270. The van der Waals surface area contributed by atoms with Crippen LogP contribution in [-0.4, -0.2) is 0 Å². The van der Waals surface area contributed by atoms with Crippen molar-refractivity contribution in [2.24, 2.45) is 0 Å². The number of benzene rings is 2. The lowest BCUT2D eigenvalue weighted by Crippen LogP contribution is -1.96. The number of nitriles is 2. The number of hydrogen-bond donors (Lipinski definition) is 0. The molecule has 2 aromatic carbocycles. The third-order valence-corrected chi connectivity index (χ3v) is 3.55. The summed E-state index contributed by atoms with van der Waals surface area (Å²) < 4.78 is 4.78. The highest BCUT2D eigenvalue weighted by atomic mass is 16.5. The molecular weight excluding hydrogens is 260 g/mol. The SMILES string of the molecule is CC(c1ccc(CCC#N)cc1)c1ccc(OC#N)cc1. The lowest BCUT2D eigenvalue weighted by atomic mass is 9.92. The standard InChI is InChI=1S/C18H16N2O/c1-14(17-8-10-18(11-9-17)21-13-20)16-6-4-15(5-7-16)3-2-12-19/h4-11,14H,2-3H2,1H3. The smallest absolute Gasteiger partial charge is 0.292 e. The molecule has 2 rings (SSSR count). The molecule has 21 heavy (non-hydrogen) atoms. The first-order valence-electron chi connectivity index (χ1n) is 6.86. The molecule has 0 aromatic heterocycles. The van der Waals surface area contributed by atoms with Gasteiger partial charge in [0.25, 0.3) is 6.26 Å². The van der Waals surface area contributed by atoms with Crippen molar-refractivity contribution in [1.29, 1.82) is 10.5 Å². The third-order valence-electron chi connectivity index (χ3n) is 3.55. The van der Waals surface area contributed by atoms with Gasteiger partial charge in [0.15, 0.2) is 0 Å². The van der Waals surface area contributed by atoms with E-state index in [2.05, 4.69) is 37.3 Å². The Kier molecular flexibility index (Phi) is 4.96. The quantitative estimate of drug-likeness (QED) is 0.771. The van der Waals surface area contributed by atoms with Crippen LogP contribution < -0.4 is 4.74 Å². The van der Waals surface area contributed by atoms with Crippen molar-refractivity contribution in [1.82, 2.24) is 0 Å². The Hall–Kier alpha value is -2.78. The highest BCUT2D eigenvalue weighted by molar-refractivity contribution is 5.36. The van der Waals surface area contributed by atoms with Gasteiger partial charge in [0, 0.05) is 12.3 Å². The van der Waals surface area contributed by atoms with Gasteiger partial charge in [-0.15, -0.1) is 5.26 Å². The highest BCUT2D eigenvalue weighted by Gasteiger charge is 2.08. The first kappa shape index (κ1) is 14.6. The van der Waals surface area contributed by atoms with Crippen molar-refractivity contribution in [3.05, 3.63) is 65.2 Å². The summed E-state index contributed by atoms with van der Waals surface area (Å²) in [5, 5.41) is 17.1. The summed E-state index contributed by atoms with van der Waals surface area (Å²) >= 11 is 0. The zero-order chi connectivity index (χ0) is 15.1. The van der Waals surface area contributed by atoms with Gasteiger partial charge < -0.3 is 4.74 Å². The van der Waals surface area contributed by atoms with Gasteiger partial charge in [-0.05, 0) is 35.2 Å². The van der Waals surface area contributed by atoms with Crippen LogP contribution in [0.5, 0.6) is 5.75 Å². The fraction of sp³-hybridized carbons (Fsp3) is 0.222. The van der Waals surface area contributed by atoms with Crippen molar-refractivity contribution in [3.8, 4) is 18.1 Å². The van der Waals surface area contributed by atoms with Crippen molar-refractivity contribution < 1.29 is 4.74 Å². The fourth-order valence-corrected chi connectivity index (χ4v) is 2.24. The van der Waals surface area contributed by atoms with Crippen LogP contribution in [0.1, 0.15) is 36.0 Å². The van der Waals surface area contributed by atoms with Gasteiger partial charge in [0.1, 0.15) is 5.75 Å². The molecule has 2 aromatic rings. The van der Waals surface area contributed by atoms with Gasteiger partial charge in [-0.25, -0.2) is 0 Å². The summed E-state index contributed by atoms with van der Waals surface area (Å²) in [6, 6.07) is 18.1. The zero-order valence-electron chi connectivity index (χ0n) is 11.9. The summed E-state index contributed by atoms with van der Waals surface area (Å²) in [6.45, 7) is 2.14. The monoisotopic (exact) mass is 276 g/mol.